The van der Waals surface area contributed by atoms with Crippen LogP contribution in [0.4, 0.5) is 0 Å². The molecule has 74 valence electrons. The first-order valence-corrected chi connectivity index (χ1v) is 6.15. The molecule has 0 fully saturated rings. The summed E-state index contributed by atoms with van der Waals surface area (Å²) in [6, 6.07) is 0. The molecule has 0 bridgehead atoms. The van der Waals surface area contributed by atoms with Gasteiger partial charge in [0.25, 0.3) is 10.1 Å². The van der Waals surface area contributed by atoms with Crippen LogP contribution < -0.4 is 0 Å². The molecule has 0 amide bonds. The highest BCUT2D eigenvalue weighted by atomic mass is 32.2. The van der Waals surface area contributed by atoms with Crippen LogP contribution in [0.3, 0.4) is 0 Å². The van der Waals surface area contributed by atoms with E-state index in [2.05, 4.69) is 6.92 Å². The van der Waals surface area contributed by atoms with Gasteiger partial charge in [0.1, 0.15) is 0 Å². The SMILES string of the molecule is CCCCC[C@@H](C)OS(C)(=O)=O. The summed E-state index contributed by atoms with van der Waals surface area (Å²) in [4.78, 5) is 0. The highest BCUT2D eigenvalue weighted by Gasteiger charge is 2.08. The van der Waals surface area contributed by atoms with Crippen molar-refractivity contribution in [2.45, 2.75) is 45.6 Å². The number of hydrogen-bond acceptors (Lipinski definition) is 3. The lowest BCUT2D eigenvalue weighted by Gasteiger charge is -2.09. The largest absolute Gasteiger partial charge is 0.267 e. The first-order valence-electron chi connectivity index (χ1n) is 4.34. The molecule has 0 aromatic carbocycles. The number of hydrogen-bond donors (Lipinski definition) is 0. The second-order valence-electron chi connectivity index (χ2n) is 3.11. The molecule has 4 heteroatoms. The topological polar surface area (TPSA) is 43.4 Å². The van der Waals surface area contributed by atoms with Crippen LogP contribution in [0.2, 0.25) is 0 Å². The lowest BCUT2D eigenvalue weighted by molar-refractivity contribution is 0.216. The molecule has 0 saturated heterocycles. The predicted octanol–water partition coefficient (Wildman–Crippen LogP) is 1.93. The van der Waals surface area contributed by atoms with E-state index in [1.54, 1.807) is 6.92 Å². The van der Waals surface area contributed by atoms with E-state index in [1.807, 2.05) is 0 Å². The Morgan fingerprint density at radius 1 is 1.33 bits per heavy atom. The fourth-order valence-electron chi connectivity index (χ4n) is 1.03. The Balaban J connectivity index is 3.53. The maximum atomic E-state index is 10.7. The minimum absolute atomic E-state index is 0.174. The van der Waals surface area contributed by atoms with E-state index in [0.717, 1.165) is 31.9 Å². The fraction of sp³-hybridized carbons (Fsp3) is 1.00. The maximum Gasteiger partial charge on any atom is 0.264 e. The van der Waals surface area contributed by atoms with E-state index in [0.29, 0.717) is 0 Å². The van der Waals surface area contributed by atoms with Gasteiger partial charge in [0.2, 0.25) is 0 Å². The quantitative estimate of drug-likeness (QED) is 0.479. The van der Waals surface area contributed by atoms with Crippen LogP contribution in [0.25, 0.3) is 0 Å². The van der Waals surface area contributed by atoms with Crippen molar-refractivity contribution >= 4 is 10.1 Å². The summed E-state index contributed by atoms with van der Waals surface area (Å²) >= 11 is 0. The molecule has 0 aromatic rings. The Kier molecular flexibility index (Phi) is 5.50. The van der Waals surface area contributed by atoms with E-state index in [-0.39, 0.29) is 6.10 Å². The minimum atomic E-state index is -3.26. The van der Waals surface area contributed by atoms with Crippen molar-refractivity contribution < 1.29 is 12.6 Å². The zero-order chi connectivity index (χ0) is 9.61. The normalized spacial score (nSPS) is 14.6. The molecular formula is C8H18O3S. The molecule has 1 atom stereocenters. The second kappa shape index (κ2) is 5.54. The molecular weight excluding hydrogens is 176 g/mol. The van der Waals surface area contributed by atoms with Gasteiger partial charge < -0.3 is 0 Å². The molecule has 0 spiro atoms. The van der Waals surface area contributed by atoms with E-state index >= 15 is 0 Å². The fourth-order valence-corrected chi connectivity index (χ4v) is 1.72. The van der Waals surface area contributed by atoms with Crippen LogP contribution in [0.15, 0.2) is 0 Å². The van der Waals surface area contributed by atoms with E-state index in [9.17, 15) is 8.42 Å². The Bertz CT molecular complexity index is 196. The van der Waals surface area contributed by atoms with E-state index in [4.69, 9.17) is 4.18 Å². The van der Waals surface area contributed by atoms with Crippen molar-refractivity contribution in [2.24, 2.45) is 0 Å². The summed E-state index contributed by atoms with van der Waals surface area (Å²) in [5.41, 5.74) is 0. The molecule has 0 aromatic heterocycles. The Labute approximate surface area is 75.2 Å². The van der Waals surface area contributed by atoms with Crippen LogP contribution in [0, 0.1) is 0 Å². The van der Waals surface area contributed by atoms with Gasteiger partial charge in [-0.1, -0.05) is 26.2 Å². The van der Waals surface area contributed by atoms with Gasteiger partial charge >= 0.3 is 0 Å². The maximum absolute atomic E-state index is 10.7. The second-order valence-corrected chi connectivity index (χ2v) is 4.71. The van der Waals surface area contributed by atoms with Crippen LogP contribution in [-0.2, 0) is 14.3 Å². The number of unbranched alkanes of at least 4 members (excludes halogenated alkanes) is 2. The van der Waals surface area contributed by atoms with Crippen molar-refractivity contribution in [1.29, 1.82) is 0 Å². The predicted molar refractivity (Wildman–Crippen MR) is 49.5 cm³/mol. The molecule has 0 rings (SSSR count). The molecule has 0 unspecified atom stereocenters. The van der Waals surface area contributed by atoms with Crippen molar-refractivity contribution in [3.8, 4) is 0 Å². The molecule has 0 saturated carbocycles. The van der Waals surface area contributed by atoms with Gasteiger partial charge in [-0.25, -0.2) is 0 Å². The smallest absolute Gasteiger partial charge is 0.264 e. The van der Waals surface area contributed by atoms with Gasteiger partial charge in [-0.2, -0.15) is 8.42 Å². The van der Waals surface area contributed by atoms with E-state index < -0.39 is 10.1 Å². The third-order valence-corrected chi connectivity index (χ3v) is 2.23. The molecule has 0 aliphatic carbocycles. The molecule has 0 heterocycles. The van der Waals surface area contributed by atoms with Crippen molar-refractivity contribution in [3.63, 3.8) is 0 Å². The Hall–Kier alpha value is -0.0900. The van der Waals surface area contributed by atoms with Crippen molar-refractivity contribution in [1.82, 2.24) is 0 Å². The summed E-state index contributed by atoms with van der Waals surface area (Å²) in [7, 11) is -3.26. The molecule has 0 aliphatic heterocycles. The van der Waals surface area contributed by atoms with Gasteiger partial charge in [0.05, 0.1) is 12.4 Å². The minimum Gasteiger partial charge on any atom is -0.267 e. The van der Waals surface area contributed by atoms with Crippen LogP contribution in [0.1, 0.15) is 39.5 Å². The van der Waals surface area contributed by atoms with Gasteiger partial charge in [-0.3, -0.25) is 4.18 Å². The molecule has 0 N–H and O–H groups in total. The van der Waals surface area contributed by atoms with Gasteiger partial charge in [-0.05, 0) is 13.3 Å². The summed E-state index contributed by atoms with van der Waals surface area (Å²) < 4.78 is 26.1. The van der Waals surface area contributed by atoms with Crippen molar-refractivity contribution in [2.75, 3.05) is 6.26 Å². The van der Waals surface area contributed by atoms with Gasteiger partial charge in [-0.15, -0.1) is 0 Å². The molecule has 0 radical (unpaired) electrons. The highest BCUT2D eigenvalue weighted by molar-refractivity contribution is 7.86. The third-order valence-electron chi connectivity index (χ3n) is 1.55. The highest BCUT2D eigenvalue weighted by Crippen LogP contribution is 2.07. The summed E-state index contributed by atoms with van der Waals surface area (Å²) in [5.74, 6) is 0. The summed E-state index contributed by atoms with van der Waals surface area (Å²) in [6.07, 6.45) is 5.05. The lowest BCUT2D eigenvalue weighted by atomic mass is 10.1. The Morgan fingerprint density at radius 3 is 2.33 bits per heavy atom. The average Bonchev–Trinajstić information content (AvgIpc) is 1.84. The van der Waals surface area contributed by atoms with Crippen LogP contribution in [0.5, 0.6) is 0 Å². The zero-order valence-corrected chi connectivity index (χ0v) is 8.86. The van der Waals surface area contributed by atoms with Crippen LogP contribution >= 0.6 is 0 Å². The molecule has 0 aliphatic rings. The standard InChI is InChI=1S/C8H18O3S/c1-4-5-6-7-8(2)11-12(3,9)10/h8H,4-7H2,1-3H3/t8-/m1/s1. The summed E-state index contributed by atoms with van der Waals surface area (Å²) in [6.45, 7) is 3.90. The zero-order valence-electron chi connectivity index (χ0n) is 8.04. The summed E-state index contributed by atoms with van der Waals surface area (Å²) in [5, 5.41) is 0. The first-order chi connectivity index (χ1) is 5.45. The number of rotatable bonds is 6. The van der Waals surface area contributed by atoms with E-state index in [1.165, 1.54) is 0 Å². The van der Waals surface area contributed by atoms with Gasteiger partial charge in [0.15, 0.2) is 0 Å². The Morgan fingerprint density at radius 2 is 1.92 bits per heavy atom. The first kappa shape index (κ1) is 11.9. The third kappa shape index (κ3) is 8.01. The monoisotopic (exact) mass is 194 g/mol. The average molecular weight is 194 g/mol. The molecule has 3 nitrogen and oxygen atoms in total. The molecule has 12 heavy (non-hydrogen) atoms. The van der Waals surface area contributed by atoms with Gasteiger partial charge in [0, 0.05) is 0 Å². The van der Waals surface area contributed by atoms with Crippen molar-refractivity contribution in [3.05, 3.63) is 0 Å². The van der Waals surface area contributed by atoms with Crippen LogP contribution in [-0.4, -0.2) is 20.8 Å². The lowest BCUT2D eigenvalue weighted by Crippen LogP contribution is -2.13.